The van der Waals surface area contributed by atoms with Crippen molar-refractivity contribution in [2.24, 2.45) is 0 Å². The number of allylic oxidation sites excluding steroid dienone is 2. The first-order chi connectivity index (χ1) is 9.75. The molecule has 1 N–H and O–H groups in total. The van der Waals surface area contributed by atoms with Crippen LogP contribution in [-0.2, 0) is 6.42 Å². The van der Waals surface area contributed by atoms with Gasteiger partial charge in [-0.15, -0.1) is 0 Å². The molecule has 104 valence electrons. The average molecular weight is 265 g/mol. The second kappa shape index (κ2) is 8.87. The first-order valence-corrected chi connectivity index (χ1v) is 7.12. The normalized spacial score (nSPS) is 9.95. The maximum Gasteiger partial charge on any atom is 0.0279 e. The number of rotatable bonds is 4. The first-order valence-electron chi connectivity index (χ1n) is 7.12. The Bertz CT molecular complexity index is 553. The maximum absolute atomic E-state index is 7.35. The van der Waals surface area contributed by atoms with E-state index in [1.54, 1.807) is 6.92 Å². The third-order valence-corrected chi connectivity index (χ3v) is 2.76. The minimum absolute atomic E-state index is 0.592. The molecule has 0 aliphatic rings. The molecule has 0 spiro atoms. The fraction of sp³-hybridized carbons (Fsp3) is 0.211. The Morgan fingerprint density at radius 1 is 0.950 bits per heavy atom. The van der Waals surface area contributed by atoms with Gasteiger partial charge in [0.05, 0.1) is 0 Å². The third-order valence-electron chi connectivity index (χ3n) is 2.76. The van der Waals surface area contributed by atoms with E-state index in [0.717, 1.165) is 6.42 Å². The van der Waals surface area contributed by atoms with E-state index < -0.39 is 0 Å². The van der Waals surface area contributed by atoms with Crippen molar-refractivity contribution in [3.8, 4) is 11.1 Å². The summed E-state index contributed by atoms with van der Waals surface area (Å²) in [5.74, 6) is 0. The van der Waals surface area contributed by atoms with Gasteiger partial charge in [-0.3, -0.25) is 0 Å². The van der Waals surface area contributed by atoms with Crippen molar-refractivity contribution in [1.82, 2.24) is 0 Å². The van der Waals surface area contributed by atoms with Gasteiger partial charge in [-0.2, -0.15) is 0 Å². The topological polar surface area (TPSA) is 23.9 Å². The van der Waals surface area contributed by atoms with Gasteiger partial charge in [-0.05, 0) is 36.1 Å². The lowest BCUT2D eigenvalue weighted by Gasteiger charge is -2.03. The van der Waals surface area contributed by atoms with Crippen LogP contribution in [0.1, 0.15) is 26.3 Å². The highest BCUT2D eigenvalue weighted by atomic mass is 14.4. The molecule has 2 aromatic rings. The molecular weight excluding hydrogens is 242 g/mol. The van der Waals surface area contributed by atoms with E-state index in [1.807, 2.05) is 32.1 Å². The molecule has 0 saturated carbocycles. The average Bonchev–Trinajstić information content (AvgIpc) is 2.50. The Balaban J connectivity index is 0.000000956. The molecular formula is C19H23N. The molecule has 0 bridgehead atoms. The van der Waals surface area contributed by atoms with Crippen molar-refractivity contribution in [2.75, 3.05) is 0 Å². The zero-order valence-electron chi connectivity index (χ0n) is 12.6. The Morgan fingerprint density at radius 2 is 1.60 bits per heavy atom. The molecule has 0 atom stereocenters. The molecule has 1 nitrogen and oxygen atoms in total. The second-order valence-electron chi connectivity index (χ2n) is 4.36. The van der Waals surface area contributed by atoms with Crippen LogP contribution in [-0.4, -0.2) is 5.71 Å². The number of hydrogen-bond acceptors (Lipinski definition) is 1. The minimum atomic E-state index is 0.592. The standard InChI is InChI=1S/C17H17N.C2H6/c1-14(18)7-5-8-15-9-6-12-17(13-15)16-10-3-2-4-11-16;1-2/h2-7,9-13,18H,8H2,1H3;1-2H3/b7-5-,18-14?;. The van der Waals surface area contributed by atoms with Crippen molar-refractivity contribution in [3.05, 3.63) is 72.3 Å². The van der Waals surface area contributed by atoms with Gasteiger partial charge in [0, 0.05) is 5.71 Å². The van der Waals surface area contributed by atoms with E-state index in [0.29, 0.717) is 5.71 Å². The lowest BCUT2D eigenvalue weighted by molar-refractivity contribution is 1.27. The number of nitrogens with one attached hydrogen (secondary N) is 1. The van der Waals surface area contributed by atoms with Gasteiger partial charge in [0.25, 0.3) is 0 Å². The lowest BCUT2D eigenvalue weighted by atomic mass is 10.0. The maximum atomic E-state index is 7.35. The van der Waals surface area contributed by atoms with Crippen LogP contribution in [0.5, 0.6) is 0 Å². The summed E-state index contributed by atoms with van der Waals surface area (Å²) in [5, 5.41) is 7.35. The monoisotopic (exact) mass is 265 g/mol. The highest BCUT2D eigenvalue weighted by molar-refractivity contribution is 5.89. The Hall–Kier alpha value is -2.15. The van der Waals surface area contributed by atoms with Crippen molar-refractivity contribution in [3.63, 3.8) is 0 Å². The zero-order valence-corrected chi connectivity index (χ0v) is 12.6. The predicted octanol–water partition coefficient (Wildman–Crippen LogP) is 5.52. The largest absolute Gasteiger partial charge is 0.306 e. The van der Waals surface area contributed by atoms with Gasteiger partial charge in [0.2, 0.25) is 0 Å². The fourth-order valence-electron chi connectivity index (χ4n) is 1.88. The summed E-state index contributed by atoms with van der Waals surface area (Å²) < 4.78 is 0. The zero-order chi connectivity index (χ0) is 14.8. The van der Waals surface area contributed by atoms with Crippen LogP contribution in [0.25, 0.3) is 11.1 Å². The molecule has 0 aromatic heterocycles. The SMILES string of the molecule is CC.CC(=N)/C=C\Cc1cccc(-c2ccccc2)c1. The molecule has 2 aromatic carbocycles. The van der Waals surface area contributed by atoms with Crippen LogP contribution in [0.3, 0.4) is 0 Å². The molecule has 0 radical (unpaired) electrons. The van der Waals surface area contributed by atoms with Crippen LogP contribution in [0.4, 0.5) is 0 Å². The van der Waals surface area contributed by atoms with Crippen LogP contribution in [0.2, 0.25) is 0 Å². The van der Waals surface area contributed by atoms with E-state index in [-0.39, 0.29) is 0 Å². The Kier molecular flexibility index (Phi) is 7.05. The highest BCUT2D eigenvalue weighted by Gasteiger charge is 1.97. The summed E-state index contributed by atoms with van der Waals surface area (Å²) >= 11 is 0. The molecule has 2 rings (SSSR count). The lowest BCUT2D eigenvalue weighted by Crippen LogP contribution is -1.85. The summed E-state index contributed by atoms with van der Waals surface area (Å²) in [6.45, 7) is 5.79. The molecule has 0 amide bonds. The fourth-order valence-corrected chi connectivity index (χ4v) is 1.88. The molecule has 0 fully saturated rings. The molecule has 0 unspecified atom stereocenters. The van der Waals surface area contributed by atoms with E-state index in [9.17, 15) is 0 Å². The van der Waals surface area contributed by atoms with Crippen molar-refractivity contribution in [1.29, 1.82) is 5.41 Å². The van der Waals surface area contributed by atoms with E-state index >= 15 is 0 Å². The second-order valence-corrected chi connectivity index (χ2v) is 4.36. The quantitative estimate of drug-likeness (QED) is 0.704. The molecule has 0 aliphatic carbocycles. The van der Waals surface area contributed by atoms with Gasteiger partial charge in [0.15, 0.2) is 0 Å². The van der Waals surface area contributed by atoms with Crippen molar-refractivity contribution < 1.29 is 0 Å². The van der Waals surface area contributed by atoms with Crippen molar-refractivity contribution in [2.45, 2.75) is 27.2 Å². The molecule has 20 heavy (non-hydrogen) atoms. The van der Waals surface area contributed by atoms with Crippen LogP contribution < -0.4 is 0 Å². The van der Waals surface area contributed by atoms with Crippen LogP contribution >= 0.6 is 0 Å². The Morgan fingerprint density at radius 3 is 2.25 bits per heavy atom. The van der Waals surface area contributed by atoms with Crippen molar-refractivity contribution >= 4 is 5.71 Å². The molecule has 0 saturated heterocycles. The highest BCUT2D eigenvalue weighted by Crippen LogP contribution is 2.20. The smallest absolute Gasteiger partial charge is 0.0279 e. The van der Waals surface area contributed by atoms with Gasteiger partial charge >= 0.3 is 0 Å². The summed E-state index contributed by atoms with van der Waals surface area (Å²) in [5.41, 5.74) is 4.35. The summed E-state index contributed by atoms with van der Waals surface area (Å²) in [7, 11) is 0. The first kappa shape index (κ1) is 15.9. The van der Waals surface area contributed by atoms with E-state index in [4.69, 9.17) is 5.41 Å². The number of hydrogen-bond donors (Lipinski definition) is 1. The van der Waals surface area contributed by atoms with Crippen LogP contribution in [0, 0.1) is 5.41 Å². The molecule has 0 heterocycles. The van der Waals surface area contributed by atoms with Gasteiger partial charge in [0.1, 0.15) is 0 Å². The summed E-state index contributed by atoms with van der Waals surface area (Å²) in [4.78, 5) is 0. The summed E-state index contributed by atoms with van der Waals surface area (Å²) in [6, 6.07) is 18.9. The minimum Gasteiger partial charge on any atom is -0.306 e. The third kappa shape index (κ3) is 5.23. The summed E-state index contributed by atoms with van der Waals surface area (Å²) in [6.07, 6.45) is 4.75. The van der Waals surface area contributed by atoms with Gasteiger partial charge in [-0.1, -0.05) is 74.5 Å². The van der Waals surface area contributed by atoms with E-state index in [1.165, 1.54) is 16.7 Å². The van der Waals surface area contributed by atoms with E-state index in [2.05, 4.69) is 48.5 Å². The Labute approximate surface area is 122 Å². The van der Waals surface area contributed by atoms with Crippen LogP contribution in [0.15, 0.2) is 66.7 Å². The predicted molar refractivity (Wildman–Crippen MR) is 89.5 cm³/mol. The van der Waals surface area contributed by atoms with Gasteiger partial charge in [-0.25, -0.2) is 0 Å². The molecule has 1 heteroatoms. The number of benzene rings is 2. The van der Waals surface area contributed by atoms with Gasteiger partial charge < -0.3 is 5.41 Å². The molecule has 0 aliphatic heterocycles.